The molecule has 3 heterocycles. The van der Waals surface area contributed by atoms with Gasteiger partial charge in [-0.15, -0.1) is 10.2 Å². The fraction of sp³-hybridized carbons (Fsp3) is 0.409. The molecule has 2 aromatic heterocycles. The third-order valence-electron chi connectivity index (χ3n) is 5.70. The number of aryl methyl sites for hydroxylation is 1. The molecule has 1 aliphatic rings. The molecule has 1 saturated heterocycles. The summed E-state index contributed by atoms with van der Waals surface area (Å²) < 4.78 is 15.0. The van der Waals surface area contributed by atoms with Gasteiger partial charge in [-0.1, -0.05) is 36.4 Å². The van der Waals surface area contributed by atoms with E-state index in [1.54, 1.807) is 22.7 Å². The Hall–Kier alpha value is -2.80. The molecule has 7 heteroatoms. The van der Waals surface area contributed by atoms with Gasteiger partial charge in [0.05, 0.1) is 11.6 Å². The van der Waals surface area contributed by atoms with E-state index in [1.165, 1.54) is 5.56 Å². The van der Waals surface area contributed by atoms with Gasteiger partial charge in [-0.25, -0.2) is 4.39 Å². The van der Waals surface area contributed by atoms with Crippen LogP contribution in [0.25, 0.3) is 5.65 Å². The van der Waals surface area contributed by atoms with Crippen LogP contribution in [0.15, 0.2) is 48.7 Å². The number of pyridine rings is 1. The lowest BCUT2D eigenvalue weighted by atomic mass is 9.97. The second kappa shape index (κ2) is 8.29. The molecule has 1 amide bonds. The summed E-state index contributed by atoms with van der Waals surface area (Å²) in [5.41, 5.74) is 1.81. The largest absolute Gasteiger partial charge is 0.344 e. The second-order valence-electron chi connectivity index (χ2n) is 7.87. The van der Waals surface area contributed by atoms with Gasteiger partial charge in [0.2, 0.25) is 5.91 Å². The van der Waals surface area contributed by atoms with Gasteiger partial charge in [-0.05, 0) is 56.3 Å². The van der Waals surface area contributed by atoms with Gasteiger partial charge in [-0.2, -0.15) is 0 Å². The summed E-state index contributed by atoms with van der Waals surface area (Å²) in [6.45, 7) is 2.22. The summed E-state index contributed by atoms with van der Waals surface area (Å²) >= 11 is 0. The number of hydrogen-bond donors (Lipinski definition) is 2. The first-order valence-electron chi connectivity index (χ1n) is 10.1. The molecular formula is C22H26FN5O. The molecule has 1 aliphatic heterocycles. The lowest BCUT2D eigenvalue weighted by Crippen LogP contribution is -2.52. The quantitative estimate of drug-likeness (QED) is 0.645. The summed E-state index contributed by atoms with van der Waals surface area (Å²) in [7, 11) is 0. The minimum absolute atomic E-state index is 0.0357. The van der Waals surface area contributed by atoms with Crippen LogP contribution >= 0.6 is 0 Å². The van der Waals surface area contributed by atoms with Crippen LogP contribution in [-0.2, 0) is 17.9 Å². The van der Waals surface area contributed by atoms with Crippen LogP contribution in [0, 0.1) is 0 Å². The number of carbonyl (C=O) groups excluding carboxylic acids is 1. The summed E-state index contributed by atoms with van der Waals surface area (Å²) in [5.74, 6) is 0.590. The number of fused-ring (bicyclic) bond motifs is 1. The predicted octanol–water partition coefficient (Wildman–Crippen LogP) is 3.13. The number of amides is 1. The van der Waals surface area contributed by atoms with Crippen LogP contribution in [0.2, 0.25) is 0 Å². The Labute approximate surface area is 169 Å². The molecule has 29 heavy (non-hydrogen) atoms. The lowest BCUT2D eigenvalue weighted by molar-refractivity contribution is -0.127. The molecule has 6 nitrogen and oxygen atoms in total. The first kappa shape index (κ1) is 19.5. The van der Waals surface area contributed by atoms with Crippen molar-refractivity contribution in [3.63, 3.8) is 0 Å². The molecule has 4 rings (SSSR count). The van der Waals surface area contributed by atoms with E-state index in [9.17, 15) is 9.18 Å². The first-order valence-corrected chi connectivity index (χ1v) is 10.1. The maximum absolute atomic E-state index is 13.2. The van der Waals surface area contributed by atoms with E-state index >= 15 is 0 Å². The van der Waals surface area contributed by atoms with Gasteiger partial charge in [0, 0.05) is 6.20 Å². The van der Waals surface area contributed by atoms with Crippen LogP contribution in [-0.4, -0.2) is 32.6 Å². The molecule has 2 atom stereocenters. The number of nitrogens with one attached hydrogen (secondary N) is 2. The number of benzene rings is 1. The molecule has 0 bridgehead atoms. The maximum atomic E-state index is 13.2. The fourth-order valence-electron chi connectivity index (χ4n) is 3.90. The van der Waals surface area contributed by atoms with Gasteiger partial charge < -0.3 is 10.6 Å². The molecule has 0 radical (unpaired) electrons. The molecule has 0 spiro atoms. The number of hydrogen-bond acceptors (Lipinski definition) is 4. The van der Waals surface area contributed by atoms with Crippen molar-refractivity contribution >= 4 is 11.6 Å². The van der Waals surface area contributed by atoms with Gasteiger partial charge in [-0.3, -0.25) is 9.20 Å². The van der Waals surface area contributed by atoms with Crippen molar-refractivity contribution in [3.8, 4) is 0 Å². The van der Waals surface area contributed by atoms with Crippen LogP contribution in [0.4, 0.5) is 4.39 Å². The van der Waals surface area contributed by atoms with Gasteiger partial charge in [0.15, 0.2) is 11.5 Å². The van der Waals surface area contributed by atoms with E-state index in [1.807, 2.05) is 25.1 Å². The smallest absolute Gasteiger partial charge is 0.240 e. The zero-order chi connectivity index (χ0) is 20.3. The summed E-state index contributed by atoms with van der Waals surface area (Å²) in [5, 5.41) is 15.0. The van der Waals surface area contributed by atoms with Gasteiger partial charge in [0.25, 0.3) is 0 Å². The van der Waals surface area contributed by atoms with Crippen molar-refractivity contribution in [3.05, 3.63) is 65.6 Å². The van der Waals surface area contributed by atoms with Crippen LogP contribution < -0.4 is 10.6 Å². The number of rotatable bonds is 7. The van der Waals surface area contributed by atoms with Crippen LogP contribution in [0.5, 0.6) is 0 Å². The van der Waals surface area contributed by atoms with E-state index in [-0.39, 0.29) is 11.9 Å². The monoisotopic (exact) mass is 395 g/mol. The topological polar surface area (TPSA) is 71.3 Å². The van der Waals surface area contributed by atoms with Gasteiger partial charge in [0.1, 0.15) is 6.67 Å². The standard InChI is InChI=1S/C22H26FN5O/c1-22(12-5-13-24-22)21(29)25-18(10-8-16-6-3-2-4-7-16)20-27-26-19-11-9-17(14-23)15-28(19)20/h2-4,6-7,9,11,15,18,24H,5,8,10,12-14H2,1H3,(H,25,29)/t18-,22?/m1/s1. The molecule has 0 aliphatic carbocycles. The molecule has 1 fully saturated rings. The summed E-state index contributed by atoms with van der Waals surface area (Å²) in [6, 6.07) is 13.3. The minimum Gasteiger partial charge on any atom is -0.344 e. The minimum atomic E-state index is -0.574. The number of aromatic nitrogens is 3. The van der Waals surface area contributed by atoms with E-state index < -0.39 is 12.2 Å². The average Bonchev–Trinajstić information content (AvgIpc) is 3.38. The van der Waals surface area contributed by atoms with Crippen LogP contribution in [0.1, 0.15) is 49.2 Å². The Morgan fingerprint density at radius 3 is 2.79 bits per heavy atom. The normalized spacial score (nSPS) is 20.1. The Balaban J connectivity index is 1.63. The highest BCUT2D eigenvalue weighted by Crippen LogP contribution is 2.24. The Morgan fingerprint density at radius 1 is 1.24 bits per heavy atom. The maximum Gasteiger partial charge on any atom is 0.240 e. The zero-order valence-corrected chi connectivity index (χ0v) is 16.6. The molecule has 3 aromatic rings. The lowest BCUT2D eigenvalue weighted by Gasteiger charge is -2.26. The summed E-state index contributed by atoms with van der Waals surface area (Å²) in [4.78, 5) is 13.1. The molecular weight excluding hydrogens is 369 g/mol. The number of carbonyl (C=O) groups is 1. The molecule has 2 N–H and O–H groups in total. The van der Waals surface area contributed by atoms with Crippen molar-refractivity contribution < 1.29 is 9.18 Å². The fourth-order valence-corrected chi connectivity index (χ4v) is 3.90. The van der Waals surface area contributed by atoms with Crippen molar-refractivity contribution in [1.82, 2.24) is 25.2 Å². The van der Waals surface area contributed by atoms with Crippen molar-refractivity contribution in [2.75, 3.05) is 6.54 Å². The Morgan fingerprint density at radius 2 is 2.07 bits per heavy atom. The average molecular weight is 395 g/mol. The van der Waals surface area contributed by atoms with E-state index in [0.717, 1.165) is 25.8 Å². The second-order valence-corrected chi connectivity index (χ2v) is 7.87. The summed E-state index contributed by atoms with van der Waals surface area (Å²) in [6.07, 6.45) is 4.95. The number of nitrogens with zero attached hydrogens (tertiary/aromatic N) is 3. The Kier molecular flexibility index (Phi) is 5.58. The highest BCUT2D eigenvalue weighted by molar-refractivity contribution is 5.86. The highest BCUT2D eigenvalue weighted by Gasteiger charge is 2.37. The number of halogens is 1. The predicted molar refractivity (Wildman–Crippen MR) is 109 cm³/mol. The Bertz CT molecular complexity index is 981. The van der Waals surface area contributed by atoms with Crippen LogP contribution in [0.3, 0.4) is 0 Å². The molecule has 1 unspecified atom stereocenters. The van der Waals surface area contributed by atoms with Gasteiger partial charge >= 0.3 is 0 Å². The van der Waals surface area contributed by atoms with Crippen molar-refractivity contribution in [2.24, 2.45) is 0 Å². The third-order valence-corrected chi connectivity index (χ3v) is 5.70. The highest BCUT2D eigenvalue weighted by atomic mass is 19.1. The van der Waals surface area contributed by atoms with Crippen molar-refractivity contribution in [2.45, 2.75) is 50.9 Å². The third kappa shape index (κ3) is 4.15. The SMILES string of the molecule is CC1(C(=O)N[C@H](CCc2ccccc2)c2nnc3ccc(CF)cn23)CCCN1. The molecule has 0 saturated carbocycles. The molecule has 152 valence electrons. The first-order chi connectivity index (χ1) is 14.1. The van der Waals surface area contributed by atoms with E-state index in [4.69, 9.17) is 0 Å². The zero-order valence-electron chi connectivity index (χ0n) is 16.6. The molecule has 1 aromatic carbocycles. The van der Waals surface area contributed by atoms with Crippen molar-refractivity contribution in [1.29, 1.82) is 0 Å². The van der Waals surface area contributed by atoms with E-state index in [2.05, 4.69) is 33.0 Å². The number of alkyl halides is 1. The van der Waals surface area contributed by atoms with E-state index in [0.29, 0.717) is 23.5 Å².